The van der Waals surface area contributed by atoms with E-state index in [2.05, 4.69) is 25.8 Å². The first-order chi connectivity index (χ1) is 7.02. The van der Waals surface area contributed by atoms with Crippen molar-refractivity contribution in [2.45, 2.75) is 44.1 Å². The van der Waals surface area contributed by atoms with Gasteiger partial charge in [0.2, 0.25) is 0 Å². The maximum Gasteiger partial charge on any atom is 0.102 e. The summed E-state index contributed by atoms with van der Waals surface area (Å²) in [7, 11) is 0. The summed E-state index contributed by atoms with van der Waals surface area (Å²) in [6.45, 7) is 8.36. The van der Waals surface area contributed by atoms with E-state index in [-0.39, 0.29) is 0 Å². The average molecular weight is 225 g/mol. The zero-order chi connectivity index (χ0) is 11.4. The molecule has 0 fully saturated rings. The minimum absolute atomic E-state index is 0.444. The molecule has 1 N–H and O–H groups in total. The second kappa shape index (κ2) is 5.52. The summed E-state index contributed by atoms with van der Waals surface area (Å²) < 4.78 is 0. The number of thioether (sulfide) groups is 1. The Morgan fingerprint density at radius 2 is 1.93 bits per heavy atom. The highest BCUT2D eigenvalue weighted by atomic mass is 32.2. The lowest BCUT2D eigenvalue weighted by molar-refractivity contribution is 0.195. The maximum absolute atomic E-state index is 9.60. The lowest BCUT2D eigenvalue weighted by atomic mass is 10.2. The summed E-state index contributed by atoms with van der Waals surface area (Å²) in [5.74, 6) is 0.610. The van der Waals surface area contributed by atoms with E-state index >= 15 is 0 Å². The lowest BCUT2D eigenvalue weighted by Gasteiger charge is -2.17. The minimum Gasteiger partial charge on any atom is -0.389 e. The van der Waals surface area contributed by atoms with Crippen molar-refractivity contribution in [2.75, 3.05) is 0 Å². The van der Waals surface area contributed by atoms with Crippen LogP contribution in [0.2, 0.25) is 0 Å². The Balaban J connectivity index is 2.84. The first-order valence-electron chi connectivity index (χ1n) is 5.32. The molecule has 1 aromatic heterocycles. The Morgan fingerprint density at radius 1 is 1.27 bits per heavy atom. The highest BCUT2D eigenvalue weighted by molar-refractivity contribution is 7.99. The Morgan fingerprint density at radius 3 is 2.47 bits per heavy atom. The van der Waals surface area contributed by atoms with Crippen molar-refractivity contribution in [3.05, 3.63) is 23.9 Å². The van der Waals surface area contributed by atoms with Gasteiger partial charge in [-0.05, 0) is 18.9 Å². The van der Waals surface area contributed by atoms with E-state index < -0.39 is 6.10 Å². The second-order valence-corrected chi connectivity index (χ2v) is 5.51. The van der Waals surface area contributed by atoms with Crippen molar-refractivity contribution in [3.8, 4) is 0 Å². The summed E-state index contributed by atoms with van der Waals surface area (Å²) in [6.07, 6.45) is 1.34. The summed E-state index contributed by atoms with van der Waals surface area (Å²) in [5, 5.41) is 11.1. The first-order valence-corrected chi connectivity index (χ1v) is 6.20. The number of aliphatic hydroxyl groups is 1. The van der Waals surface area contributed by atoms with Gasteiger partial charge < -0.3 is 5.11 Å². The molecule has 1 heterocycles. The molecule has 2 atom stereocenters. The molecule has 1 unspecified atom stereocenters. The van der Waals surface area contributed by atoms with Crippen LogP contribution in [0.1, 0.15) is 39.4 Å². The normalized spacial score (nSPS) is 15.3. The van der Waals surface area contributed by atoms with Crippen LogP contribution < -0.4 is 0 Å². The second-order valence-electron chi connectivity index (χ2n) is 4.14. The van der Waals surface area contributed by atoms with Crippen LogP contribution in [0.3, 0.4) is 0 Å². The van der Waals surface area contributed by atoms with Gasteiger partial charge in [-0.1, -0.05) is 26.8 Å². The molecular weight excluding hydrogens is 206 g/mol. The molecule has 0 aliphatic heterocycles. The fourth-order valence-corrected chi connectivity index (χ4v) is 2.25. The van der Waals surface area contributed by atoms with Gasteiger partial charge in [-0.2, -0.15) is 0 Å². The van der Waals surface area contributed by atoms with Crippen LogP contribution in [0, 0.1) is 5.92 Å². The van der Waals surface area contributed by atoms with Gasteiger partial charge in [0, 0.05) is 17.0 Å². The van der Waals surface area contributed by atoms with Crippen LogP contribution in [-0.4, -0.2) is 15.3 Å². The number of aromatic nitrogens is 1. The van der Waals surface area contributed by atoms with Gasteiger partial charge in [0.15, 0.2) is 0 Å². The molecule has 0 amide bonds. The predicted molar refractivity (Wildman–Crippen MR) is 65.0 cm³/mol. The standard InChI is InChI=1S/C12H19NOS/c1-8(2)10(4)15-12-11(9(3)14)6-5-7-13-12/h5-10,14H,1-4H3/t9-,10?/m1/s1. The van der Waals surface area contributed by atoms with E-state index in [0.717, 1.165) is 10.6 Å². The van der Waals surface area contributed by atoms with Crippen LogP contribution in [0.4, 0.5) is 0 Å². The Bertz CT molecular complexity index is 312. The van der Waals surface area contributed by atoms with Crippen LogP contribution in [0.5, 0.6) is 0 Å². The van der Waals surface area contributed by atoms with Gasteiger partial charge in [-0.25, -0.2) is 4.98 Å². The molecule has 0 saturated carbocycles. The molecule has 0 bridgehead atoms. The molecule has 1 rings (SSSR count). The Hall–Kier alpha value is -0.540. The van der Waals surface area contributed by atoms with Crippen molar-refractivity contribution in [1.82, 2.24) is 4.98 Å². The number of pyridine rings is 1. The molecule has 3 heteroatoms. The Kier molecular flexibility index (Phi) is 4.61. The highest BCUT2D eigenvalue weighted by Gasteiger charge is 2.14. The predicted octanol–water partition coefficient (Wildman–Crippen LogP) is 3.27. The van der Waals surface area contributed by atoms with Gasteiger partial charge >= 0.3 is 0 Å². The summed E-state index contributed by atoms with van der Waals surface area (Å²) in [4.78, 5) is 4.33. The summed E-state index contributed by atoms with van der Waals surface area (Å²) in [5.41, 5.74) is 0.926. The molecule has 84 valence electrons. The number of hydrogen-bond acceptors (Lipinski definition) is 3. The Labute approximate surface area is 96.1 Å². The number of rotatable bonds is 4. The van der Waals surface area contributed by atoms with Crippen molar-refractivity contribution >= 4 is 11.8 Å². The minimum atomic E-state index is -0.444. The zero-order valence-electron chi connectivity index (χ0n) is 9.77. The van der Waals surface area contributed by atoms with E-state index in [1.165, 1.54) is 0 Å². The van der Waals surface area contributed by atoms with E-state index in [1.807, 2.05) is 12.1 Å². The molecule has 0 aliphatic rings. The van der Waals surface area contributed by atoms with Crippen LogP contribution in [-0.2, 0) is 0 Å². The third kappa shape index (κ3) is 3.50. The number of hydrogen-bond donors (Lipinski definition) is 1. The van der Waals surface area contributed by atoms with Gasteiger partial charge in [0.05, 0.1) is 6.10 Å². The van der Waals surface area contributed by atoms with Crippen molar-refractivity contribution < 1.29 is 5.11 Å². The molecule has 0 aliphatic carbocycles. The molecule has 0 saturated heterocycles. The maximum atomic E-state index is 9.60. The van der Waals surface area contributed by atoms with E-state index in [4.69, 9.17) is 0 Å². The fraction of sp³-hybridized carbons (Fsp3) is 0.583. The molecule has 15 heavy (non-hydrogen) atoms. The third-order valence-corrected chi connectivity index (χ3v) is 3.97. The molecule has 0 aromatic carbocycles. The molecule has 0 radical (unpaired) electrons. The highest BCUT2D eigenvalue weighted by Crippen LogP contribution is 2.31. The van der Waals surface area contributed by atoms with Gasteiger partial charge in [0.25, 0.3) is 0 Å². The SMILES string of the molecule is CC(C)C(C)Sc1ncccc1[C@@H](C)O. The topological polar surface area (TPSA) is 33.1 Å². The molecule has 0 spiro atoms. The number of nitrogens with zero attached hydrogens (tertiary/aromatic N) is 1. The van der Waals surface area contributed by atoms with Gasteiger partial charge in [0.1, 0.15) is 5.03 Å². The monoisotopic (exact) mass is 225 g/mol. The van der Waals surface area contributed by atoms with Crippen molar-refractivity contribution in [2.24, 2.45) is 5.92 Å². The largest absolute Gasteiger partial charge is 0.389 e. The molecule has 2 nitrogen and oxygen atoms in total. The van der Waals surface area contributed by atoms with Crippen LogP contribution >= 0.6 is 11.8 Å². The fourth-order valence-electron chi connectivity index (χ4n) is 1.13. The smallest absolute Gasteiger partial charge is 0.102 e. The average Bonchev–Trinajstić information content (AvgIpc) is 2.18. The van der Waals surface area contributed by atoms with E-state index in [0.29, 0.717) is 11.2 Å². The molecule has 1 aromatic rings. The number of aliphatic hydroxyl groups excluding tert-OH is 1. The van der Waals surface area contributed by atoms with Gasteiger partial charge in [-0.3, -0.25) is 0 Å². The zero-order valence-corrected chi connectivity index (χ0v) is 10.6. The van der Waals surface area contributed by atoms with E-state index in [1.54, 1.807) is 24.9 Å². The lowest BCUT2D eigenvalue weighted by Crippen LogP contribution is -2.07. The first kappa shape index (κ1) is 12.5. The quantitative estimate of drug-likeness (QED) is 0.798. The van der Waals surface area contributed by atoms with Crippen molar-refractivity contribution in [3.63, 3.8) is 0 Å². The summed E-state index contributed by atoms with van der Waals surface area (Å²) >= 11 is 1.74. The molecular formula is C12H19NOS. The van der Waals surface area contributed by atoms with Crippen LogP contribution in [0.25, 0.3) is 0 Å². The van der Waals surface area contributed by atoms with Crippen LogP contribution in [0.15, 0.2) is 23.4 Å². The third-order valence-electron chi connectivity index (χ3n) is 2.49. The van der Waals surface area contributed by atoms with Crippen molar-refractivity contribution in [1.29, 1.82) is 0 Å². The summed E-state index contributed by atoms with van der Waals surface area (Å²) in [6, 6.07) is 3.80. The van der Waals surface area contributed by atoms with E-state index in [9.17, 15) is 5.11 Å². The van der Waals surface area contributed by atoms with Gasteiger partial charge in [-0.15, -0.1) is 11.8 Å².